The van der Waals surface area contributed by atoms with E-state index < -0.39 is 0 Å². The maximum atomic E-state index is 6.42. The minimum absolute atomic E-state index is 0.204. The number of aryl methyl sites for hydroxylation is 1. The second-order valence-electron chi connectivity index (χ2n) is 5.19. The summed E-state index contributed by atoms with van der Waals surface area (Å²) in [6.45, 7) is 5.13. The van der Waals surface area contributed by atoms with Gasteiger partial charge in [-0.1, -0.05) is 54.4 Å². The van der Waals surface area contributed by atoms with Crippen molar-refractivity contribution in [3.63, 3.8) is 0 Å². The third-order valence-corrected chi connectivity index (χ3v) is 3.88. The summed E-state index contributed by atoms with van der Waals surface area (Å²) in [5.41, 5.74) is 3.71. The smallest absolute Gasteiger partial charge is 0.120 e. The van der Waals surface area contributed by atoms with E-state index >= 15 is 0 Å². The lowest BCUT2D eigenvalue weighted by molar-refractivity contribution is 0.414. The van der Waals surface area contributed by atoms with Crippen LogP contribution in [0.25, 0.3) is 0 Å². The van der Waals surface area contributed by atoms with Crippen molar-refractivity contribution in [2.75, 3.05) is 13.7 Å². The number of hydrogen-bond acceptors (Lipinski definition) is 2. The molecule has 0 aliphatic heterocycles. The van der Waals surface area contributed by atoms with E-state index in [1.165, 1.54) is 11.1 Å². The van der Waals surface area contributed by atoms with Gasteiger partial charge in [0.25, 0.3) is 0 Å². The number of halogens is 1. The third-order valence-electron chi connectivity index (χ3n) is 3.56. The molecular weight excluding hydrogens is 282 g/mol. The summed E-state index contributed by atoms with van der Waals surface area (Å²) in [5.74, 6) is 0.787. The molecule has 21 heavy (non-hydrogen) atoms. The number of hydrogen-bond donors (Lipinski definition) is 1. The Bertz CT molecular complexity index is 598. The summed E-state index contributed by atoms with van der Waals surface area (Å²) in [6.07, 6.45) is 0.918. The molecule has 1 atom stereocenters. The summed E-state index contributed by atoms with van der Waals surface area (Å²) in [6, 6.07) is 14.7. The Labute approximate surface area is 132 Å². The van der Waals surface area contributed by atoms with E-state index in [1.54, 1.807) is 7.11 Å². The van der Waals surface area contributed by atoms with E-state index in [1.807, 2.05) is 18.2 Å². The largest absolute Gasteiger partial charge is 0.497 e. The Morgan fingerprint density at radius 3 is 2.62 bits per heavy atom. The number of likely N-dealkylation sites (N-methyl/N-ethyl adjacent to an activating group) is 1. The summed E-state index contributed by atoms with van der Waals surface area (Å²) < 4.78 is 5.22. The Balaban J connectivity index is 2.26. The van der Waals surface area contributed by atoms with E-state index in [0.717, 1.165) is 29.3 Å². The Morgan fingerprint density at radius 2 is 2.00 bits per heavy atom. The molecule has 2 nitrogen and oxygen atoms in total. The molecule has 112 valence electrons. The molecule has 0 amide bonds. The number of rotatable bonds is 6. The fraction of sp³-hybridized carbons (Fsp3) is 0.333. The zero-order valence-electron chi connectivity index (χ0n) is 12.8. The van der Waals surface area contributed by atoms with Crippen molar-refractivity contribution in [2.45, 2.75) is 26.3 Å². The van der Waals surface area contributed by atoms with Crippen LogP contribution in [0.4, 0.5) is 0 Å². The maximum Gasteiger partial charge on any atom is 0.120 e. The first-order valence-electron chi connectivity index (χ1n) is 7.26. The molecule has 1 unspecified atom stereocenters. The van der Waals surface area contributed by atoms with Crippen molar-refractivity contribution in [3.8, 4) is 5.75 Å². The van der Waals surface area contributed by atoms with Crippen LogP contribution in [-0.4, -0.2) is 13.7 Å². The zero-order chi connectivity index (χ0) is 15.2. The first-order valence-corrected chi connectivity index (χ1v) is 7.64. The van der Waals surface area contributed by atoms with E-state index in [-0.39, 0.29) is 6.04 Å². The van der Waals surface area contributed by atoms with Crippen molar-refractivity contribution in [3.05, 3.63) is 64.2 Å². The second-order valence-corrected chi connectivity index (χ2v) is 5.60. The third kappa shape index (κ3) is 4.23. The van der Waals surface area contributed by atoms with Gasteiger partial charge >= 0.3 is 0 Å². The maximum absolute atomic E-state index is 6.42. The summed E-state index contributed by atoms with van der Waals surface area (Å²) >= 11 is 6.42. The Hall–Kier alpha value is -1.51. The number of ether oxygens (including phenoxy) is 1. The molecule has 3 heteroatoms. The van der Waals surface area contributed by atoms with Crippen LogP contribution in [0.2, 0.25) is 5.02 Å². The van der Waals surface area contributed by atoms with Crippen LogP contribution < -0.4 is 10.1 Å². The van der Waals surface area contributed by atoms with Crippen LogP contribution in [-0.2, 0) is 6.42 Å². The van der Waals surface area contributed by atoms with Gasteiger partial charge in [-0.3, -0.25) is 0 Å². The molecule has 0 bridgehead atoms. The minimum Gasteiger partial charge on any atom is -0.497 e. The van der Waals surface area contributed by atoms with Gasteiger partial charge in [0.15, 0.2) is 0 Å². The lowest BCUT2D eigenvalue weighted by Gasteiger charge is -2.20. The highest BCUT2D eigenvalue weighted by Crippen LogP contribution is 2.29. The molecule has 0 spiro atoms. The quantitative estimate of drug-likeness (QED) is 0.845. The van der Waals surface area contributed by atoms with Gasteiger partial charge in [-0.2, -0.15) is 0 Å². The number of methoxy groups -OCH3 is 1. The molecule has 2 rings (SSSR count). The van der Waals surface area contributed by atoms with Crippen molar-refractivity contribution in [2.24, 2.45) is 0 Å². The second kappa shape index (κ2) is 7.48. The van der Waals surface area contributed by atoms with E-state index in [0.29, 0.717) is 0 Å². The molecule has 0 radical (unpaired) electrons. The first kappa shape index (κ1) is 15.9. The Morgan fingerprint density at radius 1 is 1.19 bits per heavy atom. The minimum atomic E-state index is 0.204. The van der Waals surface area contributed by atoms with Crippen LogP contribution in [0.15, 0.2) is 42.5 Å². The number of benzene rings is 2. The van der Waals surface area contributed by atoms with Gasteiger partial charge in [-0.05, 0) is 43.1 Å². The topological polar surface area (TPSA) is 21.3 Å². The molecular formula is C18H22ClNO. The van der Waals surface area contributed by atoms with Crippen molar-refractivity contribution < 1.29 is 4.74 Å². The van der Waals surface area contributed by atoms with Crippen LogP contribution in [0, 0.1) is 6.92 Å². The van der Waals surface area contributed by atoms with E-state index in [2.05, 4.69) is 43.4 Å². The predicted octanol–water partition coefficient (Wildman–Crippen LogP) is 4.55. The highest BCUT2D eigenvalue weighted by molar-refractivity contribution is 6.31. The summed E-state index contributed by atoms with van der Waals surface area (Å²) in [5, 5.41) is 4.26. The van der Waals surface area contributed by atoms with Crippen molar-refractivity contribution in [1.82, 2.24) is 5.32 Å². The van der Waals surface area contributed by atoms with Crippen LogP contribution >= 0.6 is 11.6 Å². The molecule has 0 heterocycles. The molecule has 0 aromatic heterocycles. The fourth-order valence-electron chi connectivity index (χ4n) is 2.53. The highest BCUT2D eigenvalue weighted by atomic mass is 35.5. The molecule has 2 aromatic rings. The first-order chi connectivity index (χ1) is 10.1. The molecule has 2 aromatic carbocycles. The lowest BCUT2D eigenvalue weighted by atomic mass is 9.97. The molecule has 0 aliphatic carbocycles. The standard InChI is InChI=1S/C18H22ClNO/c1-4-20-18(11-14-7-5-6-13(2)10-14)16-9-8-15(21-3)12-17(16)19/h5-10,12,18,20H,4,11H2,1-3H3. The highest BCUT2D eigenvalue weighted by Gasteiger charge is 2.15. The van der Waals surface area contributed by atoms with Gasteiger partial charge in [-0.15, -0.1) is 0 Å². The average molecular weight is 304 g/mol. The zero-order valence-corrected chi connectivity index (χ0v) is 13.6. The summed E-state index contributed by atoms with van der Waals surface area (Å²) in [7, 11) is 1.65. The van der Waals surface area contributed by atoms with E-state index in [9.17, 15) is 0 Å². The monoisotopic (exact) mass is 303 g/mol. The molecule has 0 fully saturated rings. The Kier molecular flexibility index (Phi) is 5.66. The van der Waals surface area contributed by atoms with Crippen molar-refractivity contribution >= 4 is 11.6 Å². The van der Waals surface area contributed by atoms with Crippen LogP contribution in [0.1, 0.15) is 29.7 Å². The summed E-state index contributed by atoms with van der Waals surface area (Å²) in [4.78, 5) is 0. The normalized spacial score (nSPS) is 12.2. The van der Waals surface area contributed by atoms with Gasteiger partial charge in [0.1, 0.15) is 5.75 Å². The molecule has 0 saturated carbocycles. The van der Waals surface area contributed by atoms with Crippen LogP contribution in [0.5, 0.6) is 5.75 Å². The lowest BCUT2D eigenvalue weighted by Crippen LogP contribution is -2.23. The molecule has 1 N–H and O–H groups in total. The van der Waals surface area contributed by atoms with Gasteiger partial charge in [0, 0.05) is 11.1 Å². The predicted molar refractivity (Wildman–Crippen MR) is 89.3 cm³/mol. The fourth-order valence-corrected chi connectivity index (χ4v) is 2.83. The van der Waals surface area contributed by atoms with Gasteiger partial charge in [0.2, 0.25) is 0 Å². The molecule has 0 saturated heterocycles. The van der Waals surface area contributed by atoms with Gasteiger partial charge in [-0.25, -0.2) is 0 Å². The van der Waals surface area contributed by atoms with Gasteiger partial charge < -0.3 is 10.1 Å². The van der Waals surface area contributed by atoms with Crippen molar-refractivity contribution in [1.29, 1.82) is 0 Å². The van der Waals surface area contributed by atoms with Crippen LogP contribution in [0.3, 0.4) is 0 Å². The van der Waals surface area contributed by atoms with Gasteiger partial charge in [0.05, 0.1) is 7.11 Å². The number of nitrogens with one attached hydrogen (secondary N) is 1. The molecule has 0 aliphatic rings. The van der Waals surface area contributed by atoms with E-state index in [4.69, 9.17) is 16.3 Å². The average Bonchev–Trinajstić information content (AvgIpc) is 2.47. The SMILES string of the molecule is CCNC(Cc1cccc(C)c1)c1ccc(OC)cc1Cl.